The highest BCUT2D eigenvalue weighted by atomic mass is 16.3. The van der Waals surface area contributed by atoms with Crippen LogP contribution in [0.3, 0.4) is 0 Å². The molecule has 1 amide bonds. The van der Waals surface area contributed by atoms with Gasteiger partial charge >= 0.3 is 0 Å². The maximum Gasteiger partial charge on any atom is 0.271 e. The van der Waals surface area contributed by atoms with Gasteiger partial charge in [-0.1, -0.05) is 45.4 Å². The second kappa shape index (κ2) is 11.7. The zero-order valence-electron chi connectivity index (χ0n) is 16.8. The fourth-order valence-corrected chi connectivity index (χ4v) is 2.99. The number of nitrogens with zero attached hydrogens (tertiary/aromatic N) is 2. The first-order chi connectivity index (χ1) is 14.0. The van der Waals surface area contributed by atoms with Crippen LogP contribution in [0.2, 0.25) is 0 Å². The van der Waals surface area contributed by atoms with Crippen molar-refractivity contribution in [3.05, 3.63) is 47.8 Å². The van der Waals surface area contributed by atoms with Gasteiger partial charge in [-0.15, -0.1) is 0 Å². The maximum absolute atomic E-state index is 12.3. The minimum atomic E-state index is -0.602. The molecule has 7 heteroatoms. The summed E-state index contributed by atoms with van der Waals surface area (Å²) in [7, 11) is 0. The number of amides is 1. The Bertz CT molecular complexity index is 822. The van der Waals surface area contributed by atoms with Crippen molar-refractivity contribution < 1.29 is 20.1 Å². The van der Waals surface area contributed by atoms with Crippen molar-refractivity contribution in [2.75, 3.05) is 0 Å². The Labute approximate surface area is 171 Å². The second-order valence-electron chi connectivity index (χ2n) is 6.94. The molecule has 2 rings (SSSR count). The number of carbonyl (C=O) groups is 1. The fraction of sp³-hybridized carbons (Fsp3) is 0.409. The van der Waals surface area contributed by atoms with E-state index in [1.165, 1.54) is 50.2 Å². The number of hydrogen-bond acceptors (Lipinski definition) is 6. The standard InChI is InChI=1S/C22H29N3O4/c1-2-3-4-5-6-7-8-9-18(17-10-11-19(26)21(28)20(17)27)24-25-22(29)16-12-14-23-15-13-16/h10-15,26-28H,2-9H2,1H3,(H,25,29)/b24-18+. The number of benzene rings is 1. The van der Waals surface area contributed by atoms with Crippen molar-refractivity contribution in [1.82, 2.24) is 10.4 Å². The van der Waals surface area contributed by atoms with Crippen molar-refractivity contribution in [1.29, 1.82) is 0 Å². The molecule has 1 heterocycles. The summed E-state index contributed by atoms with van der Waals surface area (Å²) in [6.07, 6.45) is 11.4. The van der Waals surface area contributed by atoms with Crippen molar-refractivity contribution in [2.45, 2.75) is 58.3 Å². The SMILES string of the molecule is CCCCCCCCC/C(=N\NC(=O)c1ccncc1)c1ccc(O)c(O)c1O. The number of phenols is 3. The van der Waals surface area contributed by atoms with E-state index < -0.39 is 23.2 Å². The van der Waals surface area contributed by atoms with Gasteiger partial charge in [0.15, 0.2) is 11.5 Å². The van der Waals surface area contributed by atoms with Crippen LogP contribution in [0.15, 0.2) is 41.8 Å². The molecule has 0 spiro atoms. The number of carbonyl (C=O) groups excluding carboxylic acids is 1. The van der Waals surface area contributed by atoms with E-state index in [4.69, 9.17) is 0 Å². The van der Waals surface area contributed by atoms with Crippen molar-refractivity contribution in [2.24, 2.45) is 5.10 Å². The van der Waals surface area contributed by atoms with Crippen molar-refractivity contribution >= 4 is 11.6 Å². The molecule has 0 aliphatic heterocycles. The van der Waals surface area contributed by atoms with E-state index in [0.717, 1.165) is 19.3 Å². The molecule has 0 saturated carbocycles. The summed E-state index contributed by atoms with van der Waals surface area (Å²) >= 11 is 0. The number of pyridine rings is 1. The number of hydrazone groups is 1. The molecule has 156 valence electrons. The van der Waals surface area contributed by atoms with Crippen LogP contribution >= 0.6 is 0 Å². The van der Waals surface area contributed by atoms with Crippen LogP contribution in [0.1, 0.15) is 74.2 Å². The third-order valence-electron chi connectivity index (χ3n) is 4.69. The first-order valence-corrected chi connectivity index (χ1v) is 10.1. The fourth-order valence-electron chi connectivity index (χ4n) is 2.99. The van der Waals surface area contributed by atoms with Gasteiger partial charge in [0.2, 0.25) is 5.75 Å². The summed E-state index contributed by atoms with van der Waals surface area (Å²) in [5, 5.41) is 33.8. The Kier molecular flexibility index (Phi) is 8.95. The Hall–Kier alpha value is -3.09. The number of nitrogens with one attached hydrogen (secondary N) is 1. The molecule has 0 radical (unpaired) electrons. The van der Waals surface area contributed by atoms with Gasteiger partial charge in [0.25, 0.3) is 5.91 Å². The van der Waals surface area contributed by atoms with Gasteiger partial charge in [0, 0.05) is 23.5 Å². The average Bonchev–Trinajstić information content (AvgIpc) is 2.74. The normalized spacial score (nSPS) is 11.4. The highest BCUT2D eigenvalue weighted by Gasteiger charge is 2.16. The van der Waals surface area contributed by atoms with Gasteiger partial charge in [0.1, 0.15) is 0 Å². The predicted octanol–water partition coefficient (Wildman–Crippen LogP) is 4.47. The van der Waals surface area contributed by atoms with E-state index >= 15 is 0 Å². The number of aromatic hydroxyl groups is 3. The number of rotatable bonds is 11. The Morgan fingerprint density at radius 3 is 2.28 bits per heavy atom. The van der Waals surface area contributed by atoms with Gasteiger partial charge < -0.3 is 15.3 Å². The third-order valence-corrected chi connectivity index (χ3v) is 4.69. The van der Waals surface area contributed by atoms with Crippen LogP contribution in [0.5, 0.6) is 17.2 Å². The number of unbranched alkanes of at least 4 members (excludes halogenated alkanes) is 6. The molecule has 0 aliphatic carbocycles. The summed E-state index contributed by atoms with van der Waals surface area (Å²) in [5.41, 5.74) is 3.63. The van der Waals surface area contributed by atoms with E-state index in [9.17, 15) is 20.1 Å². The predicted molar refractivity (Wildman–Crippen MR) is 112 cm³/mol. The molecular weight excluding hydrogens is 370 g/mol. The van der Waals surface area contributed by atoms with E-state index in [1.807, 2.05) is 0 Å². The Morgan fingerprint density at radius 2 is 1.59 bits per heavy atom. The maximum atomic E-state index is 12.3. The van der Waals surface area contributed by atoms with E-state index in [0.29, 0.717) is 17.7 Å². The van der Waals surface area contributed by atoms with Crippen LogP contribution in [-0.4, -0.2) is 31.9 Å². The van der Waals surface area contributed by atoms with Gasteiger partial charge in [-0.3, -0.25) is 9.78 Å². The molecule has 0 unspecified atom stereocenters. The monoisotopic (exact) mass is 399 g/mol. The van der Waals surface area contributed by atoms with Crippen LogP contribution in [0.4, 0.5) is 0 Å². The first-order valence-electron chi connectivity index (χ1n) is 10.1. The number of aromatic nitrogens is 1. The molecular formula is C22H29N3O4. The zero-order valence-corrected chi connectivity index (χ0v) is 16.8. The van der Waals surface area contributed by atoms with Gasteiger partial charge in [-0.25, -0.2) is 5.43 Å². The van der Waals surface area contributed by atoms with Crippen molar-refractivity contribution in [3.63, 3.8) is 0 Å². The summed E-state index contributed by atoms with van der Waals surface area (Å²) in [6, 6.07) is 5.91. The molecule has 1 aromatic carbocycles. The van der Waals surface area contributed by atoms with Crippen LogP contribution in [-0.2, 0) is 0 Å². The number of hydrogen-bond donors (Lipinski definition) is 4. The lowest BCUT2D eigenvalue weighted by Gasteiger charge is -2.11. The van der Waals surface area contributed by atoms with Gasteiger partial charge in [0.05, 0.1) is 5.71 Å². The van der Waals surface area contributed by atoms with E-state index in [2.05, 4.69) is 22.4 Å². The van der Waals surface area contributed by atoms with E-state index in [1.54, 1.807) is 12.1 Å². The second-order valence-corrected chi connectivity index (χ2v) is 6.94. The molecule has 0 aliphatic rings. The smallest absolute Gasteiger partial charge is 0.271 e. The Morgan fingerprint density at radius 1 is 0.931 bits per heavy atom. The first kappa shape index (κ1) is 22.2. The summed E-state index contributed by atoms with van der Waals surface area (Å²) in [4.78, 5) is 16.1. The van der Waals surface area contributed by atoms with Crippen LogP contribution < -0.4 is 5.43 Å². The Balaban J connectivity index is 2.09. The molecule has 4 N–H and O–H groups in total. The zero-order chi connectivity index (χ0) is 21.1. The lowest BCUT2D eigenvalue weighted by Crippen LogP contribution is -2.20. The molecule has 29 heavy (non-hydrogen) atoms. The lowest BCUT2D eigenvalue weighted by atomic mass is 10.0. The third kappa shape index (κ3) is 6.78. The largest absolute Gasteiger partial charge is 0.504 e. The summed E-state index contributed by atoms with van der Waals surface area (Å²) in [5.74, 6) is -1.87. The highest BCUT2D eigenvalue weighted by Crippen LogP contribution is 2.37. The minimum Gasteiger partial charge on any atom is -0.504 e. The molecule has 0 bridgehead atoms. The van der Waals surface area contributed by atoms with Gasteiger partial charge in [-0.2, -0.15) is 5.10 Å². The number of phenolic OH excluding ortho intramolecular Hbond substituents is 3. The lowest BCUT2D eigenvalue weighted by molar-refractivity contribution is 0.0954. The molecule has 0 atom stereocenters. The molecule has 7 nitrogen and oxygen atoms in total. The molecule has 0 saturated heterocycles. The summed E-state index contributed by atoms with van der Waals surface area (Å²) in [6.45, 7) is 2.18. The average molecular weight is 399 g/mol. The minimum absolute atomic E-state index is 0.279. The molecule has 0 fully saturated rings. The van der Waals surface area contributed by atoms with Gasteiger partial charge in [-0.05, 0) is 37.1 Å². The highest BCUT2D eigenvalue weighted by molar-refractivity contribution is 6.04. The van der Waals surface area contributed by atoms with Crippen molar-refractivity contribution in [3.8, 4) is 17.2 Å². The van der Waals surface area contributed by atoms with Crippen LogP contribution in [0, 0.1) is 0 Å². The molecule has 1 aromatic heterocycles. The topological polar surface area (TPSA) is 115 Å². The van der Waals surface area contributed by atoms with Crippen LogP contribution in [0.25, 0.3) is 0 Å². The summed E-state index contributed by atoms with van der Waals surface area (Å²) < 4.78 is 0. The molecule has 2 aromatic rings. The van der Waals surface area contributed by atoms with E-state index in [-0.39, 0.29) is 5.56 Å². The quantitative estimate of drug-likeness (QED) is 0.193.